The van der Waals surface area contributed by atoms with E-state index in [1.54, 1.807) is 40.7 Å². The lowest BCUT2D eigenvalue weighted by Crippen LogP contribution is -2.58. The number of para-hydroxylation sites is 1. The predicted molar refractivity (Wildman–Crippen MR) is 132 cm³/mol. The number of aryl methyl sites for hydroxylation is 2. The number of sulfonamides is 1. The van der Waals surface area contributed by atoms with Crippen molar-refractivity contribution in [3.63, 3.8) is 0 Å². The van der Waals surface area contributed by atoms with E-state index in [2.05, 4.69) is 5.43 Å². The number of nitro benzene ring substituents is 1. The molecule has 0 amide bonds. The van der Waals surface area contributed by atoms with Gasteiger partial charge in [-0.15, -0.1) is 4.41 Å². The Bertz CT molecular complexity index is 1280. The topological polar surface area (TPSA) is 156 Å². The summed E-state index contributed by atoms with van der Waals surface area (Å²) in [6.45, 7) is 9.02. The fraction of sp³-hybridized carbons (Fsp3) is 0.417. The first-order chi connectivity index (χ1) is 17.0. The number of carboxylic acid groups (broad SMARTS) is 1. The van der Waals surface area contributed by atoms with Crippen LogP contribution in [-0.4, -0.2) is 52.5 Å². The average molecular weight is 540 g/mol. The van der Waals surface area contributed by atoms with Crippen LogP contribution in [0.25, 0.3) is 0 Å². The number of carbonyl (C=O) groups is 2. The van der Waals surface area contributed by atoms with Crippen LogP contribution in [0.2, 0.25) is 0 Å². The molecule has 13 heteroatoms. The van der Waals surface area contributed by atoms with E-state index < -0.39 is 67.4 Å². The molecule has 0 spiro atoms. The van der Waals surface area contributed by atoms with Gasteiger partial charge in [0.15, 0.2) is 4.90 Å². The third-order valence-corrected chi connectivity index (χ3v) is 7.09. The Balaban J connectivity index is 2.66. The molecule has 0 bridgehead atoms. The summed E-state index contributed by atoms with van der Waals surface area (Å²) in [7, 11) is -4.91. The summed E-state index contributed by atoms with van der Waals surface area (Å²) in [4.78, 5) is 34.8. The largest absolute Gasteiger partial charge is 0.480 e. The molecule has 0 aliphatic rings. The highest BCUT2D eigenvalue weighted by molar-refractivity contribution is 7.89. The number of nitrogens with one attached hydrogen (secondary N) is 1. The van der Waals surface area contributed by atoms with Crippen molar-refractivity contribution in [1.29, 1.82) is 0 Å². The van der Waals surface area contributed by atoms with Gasteiger partial charge in [-0.25, -0.2) is 18.2 Å². The molecule has 2 aromatic carbocycles. The van der Waals surface area contributed by atoms with Gasteiger partial charge in [-0.05, 0) is 70.4 Å². The minimum atomic E-state index is -4.91. The fourth-order valence-electron chi connectivity index (χ4n) is 3.54. The molecule has 0 aliphatic heterocycles. The van der Waals surface area contributed by atoms with Gasteiger partial charge >= 0.3 is 11.9 Å². The van der Waals surface area contributed by atoms with Crippen molar-refractivity contribution in [3.8, 4) is 0 Å². The minimum Gasteiger partial charge on any atom is -0.480 e. The summed E-state index contributed by atoms with van der Waals surface area (Å²) in [5.41, 5.74) is 1.76. The Labute approximate surface area is 214 Å². The number of hydrogen-bond donors (Lipinski definition) is 2. The second kappa shape index (κ2) is 11.3. The number of nitrogens with zero attached hydrogens (tertiary/aromatic N) is 2. The van der Waals surface area contributed by atoms with Crippen LogP contribution in [0.3, 0.4) is 0 Å². The highest BCUT2D eigenvalue weighted by Crippen LogP contribution is 2.28. The van der Waals surface area contributed by atoms with Gasteiger partial charge in [0.05, 0.1) is 4.92 Å². The van der Waals surface area contributed by atoms with Crippen molar-refractivity contribution in [3.05, 3.63) is 69.0 Å². The maximum atomic E-state index is 14.9. The monoisotopic (exact) mass is 539 g/mol. The smallest absolute Gasteiger partial charge is 0.325 e. The van der Waals surface area contributed by atoms with Crippen molar-refractivity contribution in [2.45, 2.75) is 70.5 Å². The van der Waals surface area contributed by atoms with Crippen LogP contribution in [0.15, 0.2) is 41.3 Å². The second-order valence-electron chi connectivity index (χ2n) is 9.50. The van der Waals surface area contributed by atoms with Crippen LogP contribution in [-0.2, 0) is 30.8 Å². The van der Waals surface area contributed by atoms with E-state index in [4.69, 9.17) is 4.74 Å². The first kappa shape index (κ1) is 29.8. The molecule has 2 N–H and O–H groups in total. The van der Waals surface area contributed by atoms with E-state index in [0.717, 1.165) is 19.1 Å². The second-order valence-corrected chi connectivity index (χ2v) is 11.3. The van der Waals surface area contributed by atoms with E-state index in [0.29, 0.717) is 11.1 Å². The fourth-order valence-corrected chi connectivity index (χ4v) is 5.18. The average Bonchev–Trinajstić information content (AvgIpc) is 2.76. The maximum absolute atomic E-state index is 14.9. The summed E-state index contributed by atoms with van der Waals surface area (Å²) in [5, 5.41) is 21.1. The zero-order chi connectivity index (χ0) is 28.3. The molecular formula is C24H30FN3O8S. The lowest BCUT2D eigenvalue weighted by Gasteiger charge is -2.31. The Kier molecular flexibility index (Phi) is 9.12. The van der Waals surface area contributed by atoms with Gasteiger partial charge in [0.25, 0.3) is 15.7 Å². The van der Waals surface area contributed by atoms with Gasteiger partial charge < -0.3 is 9.84 Å². The zero-order valence-corrected chi connectivity index (χ0v) is 22.1. The number of aliphatic carboxylic acids is 1. The number of carboxylic acids is 1. The quantitative estimate of drug-likeness (QED) is 0.263. The van der Waals surface area contributed by atoms with Crippen molar-refractivity contribution in [1.82, 2.24) is 9.84 Å². The number of nitro groups is 1. The molecule has 37 heavy (non-hydrogen) atoms. The van der Waals surface area contributed by atoms with Crippen LogP contribution in [0.5, 0.6) is 0 Å². The van der Waals surface area contributed by atoms with Gasteiger partial charge in [0, 0.05) is 12.5 Å². The third-order valence-electron chi connectivity index (χ3n) is 5.25. The van der Waals surface area contributed by atoms with Gasteiger partial charge in [0.2, 0.25) is 0 Å². The van der Waals surface area contributed by atoms with Crippen molar-refractivity contribution >= 4 is 27.6 Å². The number of ether oxygens (including phenoxy) is 1. The Hall–Kier alpha value is -3.42. The van der Waals surface area contributed by atoms with Gasteiger partial charge in [-0.3, -0.25) is 19.7 Å². The number of halogens is 1. The van der Waals surface area contributed by atoms with Crippen LogP contribution < -0.4 is 5.43 Å². The van der Waals surface area contributed by atoms with Crippen LogP contribution in [0, 0.1) is 29.8 Å². The molecule has 0 saturated heterocycles. The Morgan fingerprint density at radius 3 is 2.32 bits per heavy atom. The van der Waals surface area contributed by atoms with Gasteiger partial charge in [-0.1, -0.05) is 18.2 Å². The molecule has 0 aliphatic carbocycles. The van der Waals surface area contributed by atoms with E-state index in [9.17, 15) is 37.6 Å². The molecule has 2 rings (SSSR count). The number of benzene rings is 2. The summed E-state index contributed by atoms with van der Waals surface area (Å²) >= 11 is 0. The molecule has 0 radical (unpaired) electrons. The van der Waals surface area contributed by atoms with E-state index in [-0.39, 0.29) is 9.98 Å². The van der Waals surface area contributed by atoms with Gasteiger partial charge in [0.1, 0.15) is 23.5 Å². The number of hydrazine groups is 1. The number of esters is 1. The van der Waals surface area contributed by atoms with Gasteiger partial charge in [-0.2, -0.15) is 0 Å². The summed E-state index contributed by atoms with van der Waals surface area (Å²) < 4.78 is 47.6. The van der Waals surface area contributed by atoms with Crippen LogP contribution in [0.1, 0.15) is 44.4 Å². The van der Waals surface area contributed by atoms with Crippen molar-refractivity contribution in [2.75, 3.05) is 0 Å². The molecule has 0 aromatic heterocycles. The number of carbonyl (C=O) groups excluding carboxylic acids is 1. The SMILES string of the molecule is Cc1cc(C)c(C[C@H](NN([C@@H](C)C(=O)O)S(=O)(=O)c2ccccc2[N+](=O)[O-])C(=O)OC(C)(C)C)c(F)c1. The highest BCUT2D eigenvalue weighted by atomic mass is 32.2. The molecule has 0 heterocycles. The molecule has 11 nitrogen and oxygen atoms in total. The summed E-state index contributed by atoms with van der Waals surface area (Å²) in [6, 6.07) is 3.91. The first-order valence-corrected chi connectivity index (χ1v) is 12.6. The molecule has 2 aromatic rings. The zero-order valence-electron chi connectivity index (χ0n) is 21.3. The molecule has 0 unspecified atom stereocenters. The molecule has 0 fully saturated rings. The van der Waals surface area contributed by atoms with Crippen molar-refractivity contribution < 1.29 is 37.2 Å². The first-order valence-electron chi connectivity index (χ1n) is 11.2. The number of hydrogen-bond acceptors (Lipinski definition) is 8. The van der Waals surface area contributed by atoms with E-state index >= 15 is 0 Å². The number of rotatable bonds is 10. The molecule has 0 saturated carbocycles. The summed E-state index contributed by atoms with van der Waals surface area (Å²) in [6.07, 6.45) is -0.401. The highest BCUT2D eigenvalue weighted by Gasteiger charge is 2.40. The molecular weight excluding hydrogens is 509 g/mol. The Morgan fingerprint density at radius 2 is 1.81 bits per heavy atom. The van der Waals surface area contributed by atoms with Crippen molar-refractivity contribution in [2.24, 2.45) is 0 Å². The standard InChI is InChI=1S/C24H30FN3O8S/c1-14-11-15(2)17(18(25)12-14)13-19(23(31)36-24(4,5)6)26-27(16(3)22(29)30)37(34,35)21-10-8-7-9-20(21)28(32)33/h7-12,16,19,26H,13H2,1-6H3,(H,29,30)/t16-,19-/m0/s1. The Morgan fingerprint density at radius 1 is 1.22 bits per heavy atom. The van der Waals surface area contributed by atoms with Crippen LogP contribution in [0.4, 0.5) is 10.1 Å². The lowest BCUT2D eigenvalue weighted by atomic mass is 9.98. The lowest BCUT2D eigenvalue weighted by molar-refractivity contribution is -0.387. The maximum Gasteiger partial charge on any atom is 0.325 e. The minimum absolute atomic E-state index is 0.0833. The van der Waals surface area contributed by atoms with E-state index in [1.165, 1.54) is 18.2 Å². The third kappa shape index (κ3) is 7.31. The normalized spacial score (nSPS) is 13.7. The van der Waals surface area contributed by atoms with Crippen LogP contribution >= 0.6 is 0 Å². The molecule has 2 atom stereocenters. The molecule has 202 valence electrons. The summed E-state index contributed by atoms with van der Waals surface area (Å²) in [5.74, 6) is -3.23. The van der Waals surface area contributed by atoms with E-state index in [1.807, 2.05) is 0 Å². The predicted octanol–water partition coefficient (Wildman–Crippen LogP) is 3.27.